The van der Waals surface area contributed by atoms with Crippen LogP contribution in [0.3, 0.4) is 0 Å². The number of likely N-dealkylation sites (N-methyl/N-ethyl adjacent to an activating group) is 1. The van der Waals surface area contributed by atoms with Crippen LogP contribution in [0.4, 0.5) is 17.5 Å². The molecule has 3 N–H and O–H groups in total. The number of methoxy groups -OCH3 is 2. The van der Waals surface area contributed by atoms with Gasteiger partial charge < -0.3 is 25.0 Å². The van der Waals surface area contributed by atoms with Crippen LogP contribution < -0.4 is 20.1 Å². The van der Waals surface area contributed by atoms with Crippen molar-refractivity contribution in [3.63, 3.8) is 0 Å². The van der Waals surface area contributed by atoms with E-state index in [-0.39, 0.29) is 0 Å². The minimum Gasteiger partial charge on any atom is -0.497 e. The lowest BCUT2D eigenvalue weighted by atomic mass is 10.2. The van der Waals surface area contributed by atoms with Crippen molar-refractivity contribution in [2.75, 3.05) is 52.0 Å². The average Bonchev–Trinajstić information content (AvgIpc) is 3.16. The third-order valence-corrected chi connectivity index (χ3v) is 4.37. The molecule has 3 rings (SSSR count). The highest BCUT2D eigenvalue weighted by molar-refractivity contribution is 5.70. The van der Waals surface area contributed by atoms with Gasteiger partial charge in [-0.2, -0.15) is 5.10 Å². The Morgan fingerprint density at radius 1 is 0.935 bits per heavy atom. The summed E-state index contributed by atoms with van der Waals surface area (Å²) < 4.78 is 10.7. The Kier molecular flexibility index (Phi) is 7.45. The molecule has 2 heterocycles. The van der Waals surface area contributed by atoms with Gasteiger partial charge in [-0.25, -0.2) is 9.97 Å². The van der Waals surface area contributed by atoms with Crippen LogP contribution in [0, 0.1) is 6.92 Å². The summed E-state index contributed by atoms with van der Waals surface area (Å²) in [5.41, 5.74) is 1.89. The highest BCUT2D eigenvalue weighted by atomic mass is 16.5. The van der Waals surface area contributed by atoms with Gasteiger partial charge in [0.05, 0.1) is 14.2 Å². The van der Waals surface area contributed by atoms with Crippen LogP contribution in [0.15, 0.2) is 30.3 Å². The fraction of sp³-hybridized carbons (Fsp3) is 0.318. The van der Waals surface area contributed by atoms with Crippen molar-refractivity contribution in [3.8, 4) is 11.5 Å². The zero-order chi connectivity index (χ0) is 22.2. The summed E-state index contributed by atoms with van der Waals surface area (Å²) in [6.45, 7) is 3.60. The van der Waals surface area contributed by atoms with Crippen molar-refractivity contribution in [3.05, 3.63) is 47.4 Å². The normalized spacial score (nSPS) is 11.2. The lowest BCUT2D eigenvalue weighted by molar-refractivity contribution is 0.394. The first kappa shape index (κ1) is 22.1. The molecule has 0 bridgehead atoms. The number of ether oxygens (including phenoxy) is 2. The van der Waals surface area contributed by atoms with E-state index in [4.69, 9.17) is 9.47 Å². The third-order valence-electron chi connectivity index (χ3n) is 4.37. The van der Waals surface area contributed by atoms with E-state index in [0.717, 1.165) is 41.7 Å². The fourth-order valence-electron chi connectivity index (χ4n) is 2.81. The smallest absolute Gasteiger partial charge is 0.156 e. The molecule has 31 heavy (non-hydrogen) atoms. The van der Waals surface area contributed by atoms with Crippen LogP contribution in [0.2, 0.25) is 0 Å². The molecule has 0 radical (unpaired) electrons. The van der Waals surface area contributed by atoms with Gasteiger partial charge in [0.2, 0.25) is 0 Å². The molecule has 0 aliphatic rings. The molecule has 0 spiro atoms. The van der Waals surface area contributed by atoms with Crippen LogP contribution in [-0.2, 0) is 0 Å². The molecule has 0 saturated carbocycles. The van der Waals surface area contributed by atoms with Crippen molar-refractivity contribution >= 4 is 29.6 Å². The molecular formula is C22H29N7O2. The number of H-pyrrole nitrogens is 1. The summed E-state index contributed by atoms with van der Waals surface area (Å²) in [5.74, 6) is 4.08. The molecule has 0 aliphatic carbocycles. The number of hydrogen-bond donors (Lipinski definition) is 3. The molecule has 9 nitrogen and oxygen atoms in total. The summed E-state index contributed by atoms with van der Waals surface area (Å²) >= 11 is 0. The van der Waals surface area contributed by atoms with Gasteiger partial charge in [-0.1, -0.05) is 6.08 Å². The first-order chi connectivity index (χ1) is 14.9. The Bertz CT molecular complexity index is 1010. The second-order valence-electron chi connectivity index (χ2n) is 7.27. The molecule has 0 atom stereocenters. The summed E-state index contributed by atoms with van der Waals surface area (Å²) in [5, 5.41) is 13.7. The Balaban J connectivity index is 1.86. The first-order valence-electron chi connectivity index (χ1n) is 9.93. The van der Waals surface area contributed by atoms with E-state index in [1.165, 1.54) is 0 Å². The highest BCUT2D eigenvalue weighted by Crippen LogP contribution is 2.24. The number of nitrogens with zero attached hydrogens (tertiary/aromatic N) is 4. The van der Waals surface area contributed by atoms with Crippen molar-refractivity contribution in [2.24, 2.45) is 0 Å². The zero-order valence-corrected chi connectivity index (χ0v) is 18.6. The highest BCUT2D eigenvalue weighted by Gasteiger charge is 2.06. The Hall–Kier alpha value is -3.59. The molecule has 0 fully saturated rings. The van der Waals surface area contributed by atoms with Gasteiger partial charge in [-0.15, -0.1) is 0 Å². The molecule has 0 unspecified atom stereocenters. The van der Waals surface area contributed by atoms with Gasteiger partial charge in [0.15, 0.2) is 11.6 Å². The predicted molar refractivity (Wildman–Crippen MR) is 124 cm³/mol. The molecule has 0 amide bonds. The molecule has 1 aromatic carbocycles. The second kappa shape index (κ2) is 10.4. The average molecular weight is 424 g/mol. The summed E-state index contributed by atoms with van der Waals surface area (Å²) in [7, 11) is 7.32. The van der Waals surface area contributed by atoms with E-state index in [9.17, 15) is 0 Å². The molecule has 0 saturated heterocycles. The largest absolute Gasteiger partial charge is 0.497 e. The van der Waals surface area contributed by atoms with E-state index in [0.29, 0.717) is 17.5 Å². The molecule has 3 aromatic rings. The van der Waals surface area contributed by atoms with Gasteiger partial charge >= 0.3 is 0 Å². The van der Waals surface area contributed by atoms with Crippen molar-refractivity contribution in [2.45, 2.75) is 6.92 Å². The summed E-state index contributed by atoms with van der Waals surface area (Å²) in [4.78, 5) is 11.3. The van der Waals surface area contributed by atoms with Gasteiger partial charge in [0.25, 0.3) is 0 Å². The van der Waals surface area contributed by atoms with Gasteiger partial charge in [0, 0.05) is 37.0 Å². The van der Waals surface area contributed by atoms with E-state index in [1.807, 2.05) is 63.5 Å². The Labute approximate surface area is 182 Å². The molecular weight excluding hydrogens is 394 g/mol. The maximum Gasteiger partial charge on any atom is 0.156 e. The number of aromatic amines is 1. The molecule has 9 heteroatoms. The van der Waals surface area contributed by atoms with E-state index < -0.39 is 0 Å². The number of hydrogen-bond acceptors (Lipinski definition) is 8. The lowest BCUT2D eigenvalue weighted by Crippen LogP contribution is -2.21. The van der Waals surface area contributed by atoms with E-state index >= 15 is 0 Å². The van der Waals surface area contributed by atoms with Crippen LogP contribution >= 0.6 is 0 Å². The third kappa shape index (κ3) is 6.71. The number of aryl methyl sites for hydroxylation is 1. The molecule has 164 valence electrons. The Morgan fingerprint density at radius 3 is 2.26 bits per heavy atom. The number of aromatic nitrogens is 4. The predicted octanol–water partition coefficient (Wildman–Crippen LogP) is 3.41. The molecule has 2 aromatic heterocycles. The van der Waals surface area contributed by atoms with Gasteiger partial charge in [0.1, 0.15) is 23.1 Å². The standard InChI is InChI=1S/C22H29N7O2/c1-15-10-22(28-27-15)26-21-14-20(23-8-9-29(2)3)24-19(25-21)7-6-16-11-17(30-4)13-18(12-16)31-5/h6-7,10-14H,8-9H2,1-5H3,(H3,23,24,25,26,27,28). The van der Waals surface area contributed by atoms with E-state index in [2.05, 4.69) is 35.7 Å². The number of nitrogens with one attached hydrogen (secondary N) is 3. The number of rotatable bonds is 10. The van der Waals surface area contributed by atoms with E-state index in [1.54, 1.807) is 14.2 Å². The van der Waals surface area contributed by atoms with Crippen molar-refractivity contribution in [1.29, 1.82) is 0 Å². The maximum absolute atomic E-state index is 5.34. The van der Waals surface area contributed by atoms with Gasteiger partial charge in [-0.05, 0) is 44.8 Å². The Morgan fingerprint density at radius 2 is 1.65 bits per heavy atom. The zero-order valence-electron chi connectivity index (χ0n) is 18.6. The lowest BCUT2D eigenvalue weighted by Gasteiger charge is -2.12. The number of anilines is 3. The van der Waals surface area contributed by atoms with Crippen molar-refractivity contribution < 1.29 is 9.47 Å². The van der Waals surface area contributed by atoms with Crippen LogP contribution in [0.5, 0.6) is 11.5 Å². The fourth-order valence-corrected chi connectivity index (χ4v) is 2.81. The maximum atomic E-state index is 5.34. The number of benzene rings is 1. The minimum absolute atomic E-state index is 0.561. The van der Waals surface area contributed by atoms with Gasteiger partial charge in [-0.3, -0.25) is 5.10 Å². The SMILES string of the molecule is COc1cc(C=Cc2nc(NCCN(C)C)cc(Nc3cc(C)[nH]n3)n2)cc(OC)c1. The topological polar surface area (TPSA) is 100 Å². The summed E-state index contributed by atoms with van der Waals surface area (Å²) in [6.07, 6.45) is 3.78. The van der Waals surface area contributed by atoms with Crippen LogP contribution in [0.25, 0.3) is 12.2 Å². The first-order valence-corrected chi connectivity index (χ1v) is 9.93. The quantitative estimate of drug-likeness (QED) is 0.456. The van der Waals surface area contributed by atoms with Crippen LogP contribution in [0.1, 0.15) is 17.1 Å². The van der Waals surface area contributed by atoms with Crippen LogP contribution in [-0.4, -0.2) is 66.5 Å². The van der Waals surface area contributed by atoms with Crippen molar-refractivity contribution in [1.82, 2.24) is 25.1 Å². The second-order valence-corrected chi connectivity index (χ2v) is 7.27. The minimum atomic E-state index is 0.561. The monoisotopic (exact) mass is 423 g/mol. The molecule has 0 aliphatic heterocycles. The summed E-state index contributed by atoms with van der Waals surface area (Å²) in [6, 6.07) is 9.45.